The summed E-state index contributed by atoms with van der Waals surface area (Å²) in [5.41, 5.74) is 0.227. The number of nitrogens with zero attached hydrogens (tertiary/aromatic N) is 4. The summed E-state index contributed by atoms with van der Waals surface area (Å²) in [7, 11) is 0. The van der Waals surface area contributed by atoms with Gasteiger partial charge in [0, 0.05) is 26.4 Å². The standard InChI is InChI=1S/C17H22N4O3/c1-4-13-19-20-16(24-13)17-7-5-6-12(17)8-21(9-17)15(22)14-10(2)23-11(3)18-14/h12H,4-9H2,1-3H3/t12-,17-/m0/s1. The third-order valence-corrected chi connectivity index (χ3v) is 5.46. The zero-order valence-electron chi connectivity index (χ0n) is 14.3. The Bertz CT molecular complexity index is 781. The molecule has 1 aliphatic carbocycles. The fourth-order valence-electron chi connectivity index (χ4n) is 4.27. The molecule has 3 heterocycles. The SMILES string of the molecule is CCc1nnc([C@]23CCC[C@H]2CN(C(=O)c2nc(C)oc2C)C3)o1. The van der Waals surface area contributed by atoms with Crippen LogP contribution in [-0.4, -0.2) is 39.1 Å². The summed E-state index contributed by atoms with van der Waals surface area (Å²) < 4.78 is 11.3. The molecule has 128 valence electrons. The average molecular weight is 330 g/mol. The Morgan fingerprint density at radius 3 is 2.83 bits per heavy atom. The van der Waals surface area contributed by atoms with Gasteiger partial charge in [-0.25, -0.2) is 4.98 Å². The predicted molar refractivity (Wildman–Crippen MR) is 84.6 cm³/mol. The quantitative estimate of drug-likeness (QED) is 0.859. The Morgan fingerprint density at radius 1 is 1.33 bits per heavy atom. The number of fused-ring (bicyclic) bond motifs is 1. The summed E-state index contributed by atoms with van der Waals surface area (Å²) in [5, 5.41) is 8.43. The third-order valence-electron chi connectivity index (χ3n) is 5.46. The molecule has 2 aromatic heterocycles. The molecule has 7 heteroatoms. The van der Waals surface area contributed by atoms with Crippen LogP contribution in [0.1, 0.15) is 60.1 Å². The van der Waals surface area contributed by atoms with Crippen LogP contribution >= 0.6 is 0 Å². The van der Waals surface area contributed by atoms with Crippen molar-refractivity contribution in [3.8, 4) is 0 Å². The first kappa shape index (κ1) is 15.4. The molecule has 2 atom stereocenters. The van der Waals surface area contributed by atoms with Gasteiger partial charge in [-0.3, -0.25) is 4.79 Å². The van der Waals surface area contributed by atoms with E-state index in [0.29, 0.717) is 48.1 Å². The smallest absolute Gasteiger partial charge is 0.276 e. The highest BCUT2D eigenvalue weighted by molar-refractivity contribution is 5.93. The van der Waals surface area contributed by atoms with Crippen LogP contribution in [-0.2, 0) is 11.8 Å². The second-order valence-electron chi connectivity index (χ2n) is 6.92. The van der Waals surface area contributed by atoms with E-state index in [-0.39, 0.29) is 11.3 Å². The van der Waals surface area contributed by atoms with Gasteiger partial charge in [0.2, 0.25) is 11.8 Å². The van der Waals surface area contributed by atoms with Gasteiger partial charge in [0.05, 0.1) is 5.41 Å². The Kier molecular flexibility index (Phi) is 3.47. The van der Waals surface area contributed by atoms with Crippen molar-refractivity contribution >= 4 is 5.91 Å². The molecule has 0 radical (unpaired) electrons. The Morgan fingerprint density at radius 2 is 2.17 bits per heavy atom. The summed E-state index contributed by atoms with van der Waals surface area (Å²) in [4.78, 5) is 19.0. The topological polar surface area (TPSA) is 85.3 Å². The van der Waals surface area contributed by atoms with Gasteiger partial charge < -0.3 is 13.7 Å². The van der Waals surface area contributed by atoms with Crippen molar-refractivity contribution in [1.29, 1.82) is 0 Å². The average Bonchev–Trinajstić information content (AvgIpc) is 3.27. The third kappa shape index (κ3) is 2.17. The van der Waals surface area contributed by atoms with E-state index in [9.17, 15) is 4.79 Å². The molecule has 4 rings (SSSR count). The Balaban J connectivity index is 1.63. The lowest BCUT2D eigenvalue weighted by Crippen LogP contribution is -2.35. The highest BCUT2D eigenvalue weighted by Crippen LogP contribution is 2.50. The molecule has 0 aromatic carbocycles. The van der Waals surface area contributed by atoms with Crippen LogP contribution in [0.4, 0.5) is 0 Å². The molecular weight excluding hydrogens is 308 g/mol. The number of amides is 1. The maximum absolute atomic E-state index is 12.9. The van der Waals surface area contributed by atoms with Gasteiger partial charge in [-0.15, -0.1) is 10.2 Å². The monoisotopic (exact) mass is 330 g/mol. The van der Waals surface area contributed by atoms with Crippen LogP contribution in [0.3, 0.4) is 0 Å². The second kappa shape index (κ2) is 5.43. The highest BCUT2D eigenvalue weighted by Gasteiger charge is 2.55. The number of carbonyl (C=O) groups excluding carboxylic acids is 1. The lowest BCUT2D eigenvalue weighted by atomic mass is 9.80. The molecule has 0 spiro atoms. The first-order chi connectivity index (χ1) is 11.5. The van der Waals surface area contributed by atoms with E-state index in [1.165, 1.54) is 0 Å². The number of carbonyl (C=O) groups is 1. The molecule has 1 amide bonds. The molecule has 1 saturated carbocycles. The number of aryl methyl sites for hydroxylation is 3. The maximum Gasteiger partial charge on any atom is 0.276 e. The van der Waals surface area contributed by atoms with Crippen LogP contribution < -0.4 is 0 Å². The first-order valence-electron chi connectivity index (χ1n) is 8.59. The Hall–Kier alpha value is -2.18. The van der Waals surface area contributed by atoms with Gasteiger partial charge in [-0.2, -0.15) is 0 Å². The van der Waals surface area contributed by atoms with Crippen LogP contribution in [0.5, 0.6) is 0 Å². The lowest BCUT2D eigenvalue weighted by molar-refractivity contribution is 0.0768. The van der Waals surface area contributed by atoms with Crippen LogP contribution in [0.25, 0.3) is 0 Å². The van der Waals surface area contributed by atoms with Crippen molar-refractivity contribution in [2.75, 3.05) is 13.1 Å². The summed E-state index contributed by atoms with van der Waals surface area (Å²) >= 11 is 0. The zero-order chi connectivity index (χ0) is 16.9. The van der Waals surface area contributed by atoms with E-state index >= 15 is 0 Å². The maximum atomic E-state index is 12.9. The predicted octanol–water partition coefficient (Wildman–Crippen LogP) is 2.43. The van der Waals surface area contributed by atoms with Crippen LogP contribution in [0.2, 0.25) is 0 Å². The zero-order valence-corrected chi connectivity index (χ0v) is 14.3. The van der Waals surface area contributed by atoms with Crippen LogP contribution in [0, 0.1) is 19.8 Å². The summed E-state index contributed by atoms with van der Waals surface area (Å²) in [6.45, 7) is 6.88. The number of aromatic nitrogens is 3. The minimum absolute atomic E-state index is 0.0617. The minimum atomic E-state index is -0.192. The number of hydrogen-bond acceptors (Lipinski definition) is 6. The van der Waals surface area contributed by atoms with Crippen molar-refractivity contribution in [3.05, 3.63) is 29.1 Å². The fourth-order valence-corrected chi connectivity index (χ4v) is 4.27. The highest BCUT2D eigenvalue weighted by atomic mass is 16.4. The second-order valence-corrected chi connectivity index (χ2v) is 6.92. The summed E-state index contributed by atoms with van der Waals surface area (Å²) in [6.07, 6.45) is 3.94. The van der Waals surface area contributed by atoms with Gasteiger partial charge >= 0.3 is 0 Å². The van der Waals surface area contributed by atoms with E-state index in [2.05, 4.69) is 15.2 Å². The van der Waals surface area contributed by atoms with Gasteiger partial charge in [-0.1, -0.05) is 13.3 Å². The molecule has 0 bridgehead atoms. The molecule has 2 aliphatic rings. The van der Waals surface area contributed by atoms with Crippen molar-refractivity contribution in [2.24, 2.45) is 5.92 Å². The van der Waals surface area contributed by atoms with Crippen molar-refractivity contribution in [1.82, 2.24) is 20.1 Å². The van der Waals surface area contributed by atoms with Gasteiger partial charge in [0.1, 0.15) is 5.76 Å². The number of rotatable bonds is 3. The molecule has 2 aromatic rings. The number of oxazole rings is 1. The van der Waals surface area contributed by atoms with Gasteiger partial charge in [-0.05, 0) is 25.7 Å². The molecule has 1 saturated heterocycles. The molecular formula is C17H22N4O3. The summed E-state index contributed by atoms with van der Waals surface area (Å²) in [5.74, 6) is 2.78. The van der Waals surface area contributed by atoms with E-state index in [4.69, 9.17) is 8.83 Å². The normalized spacial score (nSPS) is 26.1. The minimum Gasteiger partial charge on any atom is -0.445 e. The largest absolute Gasteiger partial charge is 0.445 e. The fraction of sp³-hybridized carbons (Fsp3) is 0.647. The molecule has 1 aliphatic heterocycles. The van der Waals surface area contributed by atoms with Crippen molar-refractivity contribution in [3.63, 3.8) is 0 Å². The van der Waals surface area contributed by atoms with Crippen molar-refractivity contribution < 1.29 is 13.6 Å². The van der Waals surface area contributed by atoms with E-state index in [0.717, 1.165) is 25.7 Å². The first-order valence-corrected chi connectivity index (χ1v) is 8.59. The number of hydrogen-bond donors (Lipinski definition) is 0. The molecule has 2 fully saturated rings. The van der Waals surface area contributed by atoms with E-state index < -0.39 is 0 Å². The molecule has 0 N–H and O–H groups in total. The Labute approximate surface area is 140 Å². The molecule has 7 nitrogen and oxygen atoms in total. The lowest BCUT2D eigenvalue weighted by Gasteiger charge is -2.24. The van der Waals surface area contributed by atoms with E-state index in [1.807, 2.05) is 11.8 Å². The summed E-state index contributed by atoms with van der Waals surface area (Å²) in [6, 6.07) is 0. The van der Waals surface area contributed by atoms with Crippen LogP contribution in [0.15, 0.2) is 8.83 Å². The van der Waals surface area contributed by atoms with Crippen molar-refractivity contribution in [2.45, 2.75) is 51.9 Å². The number of likely N-dealkylation sites (tertiary alicyclic amines) is 1. The van der Waals surface area contributed by atoms with Gasteiger partial charge in [0.15, 0.2) is 11.6 Å². The van der Waals surface area contributed by atoms with Gasteiger partial charge in [0.25, 0.3) is 5.91 Å². The molecule has 24 heavy (non-hydrogen) atoms. The molecule has 0 unspecified atom stereocenters. The van der Waals surface area contributed by atoms with E-state index in [1.54, 1.807) is 13.8 Å².